The molecule has 6 N–H and O–H groups in total. The van der Waals surface area contributed by atoms with E-state index in [1.807, 2.05) is 0 Å². The fourth-order valence-corrected chi connectivity index (χ4v) is 2.44. The molecule has 1 aromatic carbocycles. The summed E-state index contributed by atoms with van der Waals surface area (Å²) in [6.07, 6.45) is -3.15. The van der Waals surface area contributed by atoms with Crippen molar-refractivity contribution in [2.45, 2.75) is 11.7 Å². The molecule has 0 saturated heterocycles. The lowest BCUT2D eigenvalue weighted by Crippen LogP contribution is -2.68. The summed E-state index contributed by atoms with van der Waals surface area (Å²) < 4.78 is 0. The van der Waals surface area contributed by atoms with Crippen molar-refractivity contribution in [2.75, 3.05) is 0 Å². The minimum absolute atomic E-state index is 0.713. The molecule has 0 heterocycles. The van der Waals surface area contributed by atoms with Crippen molar-refractivity contribution >= 4 is 23.9 Å². The lowest BCUT2D eigenvalue weighted by atomic mass is 9.58. The Morgan fingerprint density at radius 1 is 0.739 bits per heavy atom. The van der Waals surface area contributed by atoms with Gasteiger partial charge in [0, 0.05) is 0 Å². The molecule has 1 unspecified atom stereocenters. The predicted molar refractivity (Wildman–Crippen MR) is 69.3 cm³/mol. The summed E-state index contributed by atoms with van der Waals surface area (Å²) in [7, 11) is 0. The molecule has 0 spiro atoms. The Kier molecular flexibility index (Phi) is 4.73. The Morgan fingerprint density at radius 3 is 1.39 bits per heavy atom. The second-order valence-electron chi connectivity index (χ2n) is 4.52. The maximum absolute atomic E-state index is 11.7. The van der Waals surface area contributed by atoms with Gasteiger partial charge in [0.05, 0.1) is 0 Å². The zero-order valence-electron chi connectivity index (χ0n) is 11.3. The van der Waals surface area contributed by atoms with Crippen LogP contribution in [0.2, 0.25) is 0 Å². The van der Waals surface area contributed by atoms with E-state index in [9.17, 15) is 49.8 Å². The third-order valence-electron chi connectivity index (χ3n) is 3.51. The lowest BCUT2D eigenvalue weighted by Gasteiger charge is -2.40. The molecule has 10 nitrogen and oxygen atoms in total. The monoisotopic (exact) mass is 328 g/mol. The van der Waals surface area contributed by atoms with Crippen LogP contribution in [0.25, 0.3) is 0 Å². The van der Waals surface area contributed by atoms with E-state index in [0.717, 1.165) is 24.3 Å². The van der Waals surface area contributed by atoms with Crippen LogP contribution in [0.1, 0.15) is 5.56 Å². The fourth-order valence-electron chi connectivity index (χ4n) is 2.44. The molecule has 0 amide bonds. The normalized spacial score (nSPS) is 14.0. The Labute approximate surface area is 127 Å². The third-order valence-corrected chi connectivity index (χ3v) is 3.51. The number of rotatable bonds is 7. The molecule has 0 aliphatic heterocycles. The molecule has 0 aliphatic rings. The number of aliphatic hydroxyl groups is 2. The highest BCUT2D eigenvalue weighted by atomic mass is 16.5. The fraction of sp³-hybridized carbons (Fsp3) is 0.231. The van der Waals surface area contributed by atoms with Gasteiger partial charge in [0.25, 0.3) is 5.41 Å². The van der Waals surface area contributed by atoms with Crippen LogP contribution in [0.4, 0.5) is 0 Å². The number of carboxylic acid groups (broad SMARTS) is 4. The zero-order chi connectivity index (χ0) is 18.0. The van der Waals surface area contributed by atoms with E-state index >= 15 is 0 Å². The Balaban J connectivity index is 4.10. The molecule has 0 aromatic heterocycles. The molecule has 10 heteroatoms. The van der Waals surface area contributed by atoms with Gasteiger partial charge in [-0.2, -0.15) is 0 Å². The van der Waals surface area contributed by atoms with Crippen molar-refractivity contribution < 1.29 is 49.8 Å². The van der Waals surface area contributed by atoms with Gasteiger partial charge in [0.1, 0.15) is 0 Å². The summed E-state index contributed by atoms with van der Waals surface area (Å²) in [5.74, 6) is -10.1. The zero-order valence-corrected chi connectivity index (χ0v) is 11.3. The number of benzene rings is 1. The number of aliphatic hydroxyl groups excluding tert-OH is 1. The number of carbonyl (C=O) groups is 4. The number of carboxylic acids is 4. The molecular formula is C13H12O10. The molecule has 124 valence electrons. The minimum Gasteiger partial charge on any atom is -0.480 e. The van der Waals surface area contributed by atoms with Gasteiger partial charge in [-0.15, -0.1) is 0 Å². The highest BCUT2D eigenvalue weighted by Crippen LogP contribution is 2.46. The SMILES string of the molecule is O=C(O)C(C(=O)O)(C(=O)O)C(C(=O)O)(c1ccccc1)C(O)O. The van der Waals surface area contributed by atoms with E-state index in [1.54, 1.807) is 0 Å². The quantitative estimate of drug-likeness (QED) is 0.255. The molecule has 23 heavy (non-hydrogen) atoms. The van der Waals surface area contributed by atoms with Gasteiger partial charge in [-0.1, -0.05) is 30.3 Å². The van der Waals surface area contributed by atoms with Crippen molar-refractivity contribution in [1.29, 1.82) is 0 Å². The summed E-state index contributed by atoms with van der Waals surface area (Å²) in [6.45, 7) is 0. The van der Waals surface area contributed by atoms with Crippen LogP contribution < -0.4 is 0 Å². The van der Waals surface area contributed by atoms with E-state index in [1.165, 1.54) is 6.07 Å². The van der Waals surface area contributed by atoms with Crippen molar-refractivity contribution in [3.8, 4) is 0 Å². The summed E-state index contributed by atoms with van der Waals surface area (Å²) in [6, 6.07) is 5.44. The van der Waals surface area contributed by atoms with E-state index in [0.29, 0.717) is 0 Å². The molecule has 0 fully saturated rings. The van der Waals surface area contributed by atoms with E-state index in [4.69, 9.17) is 0 Å². The van der Waals surface area contributed by atoms with Crippen molar-refractivity contribution in [3.05, 3.63) is 35.9 Å². The van der Waals surface area contributed by atoms with Crippen LogP contribution in [-0.2, 0) is 24.6 Å². The first-order valence-corrected chi connectivity index (χ1v) is 5.93. The first kappa shape index (κ1) is 18.1. The molecule has 0 bridgehead atoms. The van der Waals surface area contributed by atoms with Gasteiger partial charge in [0.2, 0.25) is 0 Å². The highest BCUT2D eigenvalue weighted by molar-refractivity contribution is 6.21. The van der Waals surface area contributed by atoms with Crippen LogP contribution in [0.15, 0.2) is 30.3 Å². The topological polar surface area (TPSA) is 190 Å². The van der Waals surface area contributed by atoms with Gasteiger partial charge in [-0.25, -0.2) is 0 Å². The van der Waals surface area contributed by atoms with Crippen LogP contribution >= 0.6 is 0 Å². The molecule has 0 saturated carbocycles. The maximum atomic E-state index is 11.7. The molecule has 1 atom stereocenters. The van der Waals surface area contributed by atoms with Crippen molar-refractivity contribution in [2.24, 2.45) is 5.41 Å². The summed E-state index contributed by atoms with van der Waals surface area (Å²) in [5.41, 5.74) is -8.40. The van der Waals surface area contributed by atoms with Gasteiger partial charge in [-0.05, 0) is 5.56 Å². The van der Waals surface area contributed by atoms with Gasteiger partial charge in [-0.3, -0.25) is 19.2 Å². The number of hydrogen-bond acceptors (Lipinski definition) is 6. The highest BCUT2D eigenvalue weighted by Gasteiger charge is 2.76. The third kappa shape index (κ3) is 2.20. The van der Waals surface area contributed by atoms with E-state index in [-0.39, 0.29) is 0 Å². The smallest absolute Gasteiger partial charge is 0.334 e. The second kappa shape index (κ2) is 6.02. The van der Waals surface area contributed by atoms with Gasteiger partial charge < -0.3 is 30.6 Å². The summed E-state index contributed by atoms with van der Waals surface area (Å²) >= 11 is 0. The number of hydrogen-bond donors (Lipinski definition) is 6. The van der Waals surface area contributed by atoms with Crippen LogP contribution in [0.5, 0.6) is 0 Å². The molecule has 1 aromatic rings. The average molecular weight is 328 g/mol. The molecule has 0 aliphatic carbocycles. The molecule has 1 rings (SSSR count). The van der Waals surface area contributed by atoms with Crippen molar-refractivity contribution in [1.82, 2.24) is 0 Å². The summed E-state index contributed by atoms with van der Waals surface area (Å²) in [4.78, 5) is 46.2. The maximum Gasteiger partial charge on any atom is 0.334 e. The standard InChI is InChI=1S/C13H12O10/c14-7(15)12(8(16)17,6-4-2-1-3-5-6)13(9(18)19,10(20)21)11(22)23/h1-5,7,14-15H,(H,16,17)(H,18,19)(H,20,21)(H,22,23). The minimum atomic E-state index is -4.09. The number of aliphatic carboxylic acids is 4. The summed E-state index contributed by atoms with van der Waals surface area (Å²) in [5, 5.41) is 56.2. The Hall–Kier alpha value is -2.98. The second-order valence-corrected chi connectivity index (χ2v) is 4.52. The predicted octanol–water partition coefficient (Wildman–Crippen LogP) is -1.44. The lowest BCUT2D eigenvalue weighted by molar-refractivity contribution is -0.210. The molecular weight excluding hydrogens is 316 g/mol. The Bertz CT molecular complexity index is 614. The van der Waals surface area contributed by atoms with E-state index < -0.39 is 46.6 Å². The van der Waals surface area contributed by atoms with Crippen molar-refractivity contribution in [3.63, 3.8) is 0 Å². The first-order valence-electron chi connectivity index (χ1n) is 5.93. The average Bonchev–Trinajstić information content (AvgIpc) is 2.43. The van der Waals surface area contributed by atoms with Crippen LogP contribution in [-0.4, -0.2) is 60.8 Å². The molecule has 0 radical (unpaired) electrons. The largest absolute Gasteiger partial charge is 0.480 e. The first-order chi connectivity index (χ1) is 10.6. The van der Waals surface area contributed by atoms with Crippen LogP contribution in [0.3, 0.4) is 0 Å². The van der Waals surface area contributed by atoms with Gasteiger partial charge in [0.15, 0.2) is 11.7 Å². The van der Waals surface area contributed by atoms with Gasteiger partial charge >= 0.3 is 23.9 Å². The van der Waals surface area contributed by atoms with Crippen LogP contribution in [0, 0.1) is 5.41 Å². The van der Waals surface area contributed by atoms with E-state index in [2.05, 4.69) is 0 Å². The Morgan fingerprint density at radius 2 is 1.13 bits per heavy atom.